The van der Waals surface area contributed by atoms with E-state index in [-0.39, 0.29) is 30.5 Å². The van der Waals surface area contributed by atoms with Crippen LogP contribution in [0.2, 0.25) is 0 Å². The van der Waals surface area contributed by atoms with Crippen LogP contribution in [0.25, 0.3) is 0 Å². The van der Waals surface area contributed by atoms with Gasteiger partial charge in [0.2, 0.25) is 11.8 Å². The average Bonchev–Trinajstić information content (AvgIpc) is 3.09. The Morgan fingerprint density at radius 2 is 1.79 bits per heavy atom. The summed E-state index contributed by atoms with van der Waals surface area (Å²) in [7, 11) is 1.31. The van der Waals surface area contributed by atoms with Crippen LogP contribution in [0.1, 0.15) is 22.3 Å². The van der Waals surface area contributed by atoms with Crippen LogP contribution in [0.5, 0.6) is 0 Å². The van der Waals surface area contributed by atoms with Gasteiger partial charge in [0.05, 0.1) is 18.6 Å². The highest BCUT2D eigenvalue weighted by Crippen LogP contribution is 2.26. The fraction of sp³-hybridized carbons (Fsp3) is 0.286. The lowest BCUT2D eigenvalue weighted by molar-refractivity contribution is -0.126. The molecule has 0 radical (unpaired) electrons. The van der Waals surface area contributed by atoms with E-state index in [2.05, 4.69) is 10.1 Å². The number of esters is 1. The van der Waals surface area contributed by atoms with E-state index in [0.29, 0.717) is 18.5 Å². The van der Waals surface area contributed by atoms with Gasteiger partial charge < -0.3 is 15.0 Å². The summed E-state index contributed by atoms with van der Waals surface area (Å²) in [5, 5.41) is 2.78. The van der Waals surface area contributed by atoms with Gasteiger partial charge in [-0.1, -0.05) is 12.1 Å². The molecule has 1 fully saturated rings. The molecule has 2 aromatic rings. The molecule has 0 spiro atoms. The largest absolute Gasteiger partial charge is 0.465 e. The Morgan fingerprint density at radius 1 is 1.14 bits per heavy atom. The van der Waals surface area contributed by atoms with Gasteiger partial charge in [-0.25, -0.2) is 13.6 Å². The van der Waals surface area contributed by atoms with Gasteiger partial charge in [0, 0.05) is 31.3 Å². The molecule has 8 heteroatoms. The zero-order valence-electron chi connectivity index (χ0n) is 15.8. The Labute approximate surface area is 166 Å². The predicted octanol–water partition coefficient (Wildman–Crippen LogP) is 2.46. The molecular weight excluding hydrogens is 382 g/mol. The second kappa shape index (κ2) is 8.81. The van der Waals surface area contributed by atoms with Crippen LogP contribution >= 0.6 is 0 Å². The molecule has 2 amide bonds. The molecule has 6 nitrogen and oxygen atoms in total. The first kappa shape index (κ1) is 20.4. The number of nitrogens with one attached hydrogen (secondary N) is 1. The zero-order chi connectivity index (χ0) is 21.0. The van der Waals surface area contributed by atoms with Crippen LogP contribution in [0.3, 0.4) is 0 Å². The third-order valence-corrected chi connectivity index (χ3v) is 4.74. The monoisotopic (exact) mass is 402 g/mol. The molecular formula is C21H20F2N2O4. The molecule has 0 saturated carbocycles. The summed E-state index contributed by atoms with van der Waals surface area (Å²) in [5.41, 5.74) is 1.48. The number of methoxy groups -OCH3 is 1. The lowest BCUT2D eigenvalue weighted by Crippen LogP contribution is -2.34. The number of anilines is 1. The molecule has 1 aliphatic rings. The minimum absolute atomic E-state index is 0.0161. The van der Waals surface area contributed by atoms with Crippen molar-refractivity contribution in [3.05, 3.63) is 65.2 Å². The van der Waals surface area contributed by atoms with Crippen molar-refractivity contribution >= 4 is 23.5 Å². The van der Waals surface area contributed by atoms with Crippen molar-refractivity contribution in [1.29, 1.82) is 0 Å². The van der Waals surface area contributed by atoms with E-state index in [1.165, 1.54) is 12.0 Å². The molecule has 2 aromatic carbocycles. The number of nitrogens with zero attached hydrogens (tertiary/aromatic N) is 1. The van der Waals surface area contributed by atoms with Crippen molar-refractivity contribution < 1.29 is 27.9 Å². The number of hydrogen-bond donors (Lipinski definition) is 1. The van der Waals surface area contributed by atoms with E-state index in [1.807, 2.05) is 0 Å². The van der Waals surface area contributed by atoms with Crippen LogP contribution in [-0.2, 0) is 20.7 Å². The molecule has 0 aliphatic carbocycles. The number of halogens is 2. The fourth-order valence-corrected chi connectivity index (χ4v) is 3.23. The Bertz CT molecular complexity index is 911. The van der Waals surface area contributed by atoms with Gasteiger partial charge in [-0.05, 0) is 36.2 Å². The number of ether oxygens (including phenoxy) is 1. The Balaban J connectivity index is 1.52. The van der Waals surface area contributed by atoms with E-state index < -0.39 is 23.5 Å². The van der Waals surface area contributed by atoms with Crippen LogP contribution < -0.4 is 10.2 Å². The predicted molar refractivity (Wildman–Crippen MR) is 101 cm³/mol. The summed E-state index contributed by atoms with van der Waals surface area (Å²) in [6, 6.07) is 9.71. The first-order valence-corrected chi connectivity index (χ1v) is 9.09. The Hall–Kier alpha value is -3.29. The van der Waals surface area contributed by atoms with E-state index in [0.717, 1.165) is 23.8 Å². The van der Waals surface area contributed by atoms with E-state index in [1.54, 1.807) is 24.3 Å². The summed E-state index contributed by atoms with van der Waals surface area (Å²) in [4.78, 5) is 37.2. The average molecular weight is 402 g/mol. The fourth-order valence-electron chi connectivity index (χ4n) is 3.23. The molecule has 1 aliphatic heterocycles. The zero-order valence-corrected chi connectivity index (χ0v) is 15.8. The van der Waals surface area contributed by atoms with Crippen molar-refractivity contribution in [2.45, 2.75) is 12.8 Å². The van der Waals surface area contributed by atoms with Gasteiger partial charge in [-0.3, -0.25) is 9.59 Å². The van der Waals surface area contributed by atoms with E-state index >= 15 is 0 Å². The van der Waals surface area contributed by atoms with Crippen molar-refractivity contribution in [2.24, 2.45) is 5.92 Å². The second-order valence-electron chi connectivity index (χ2n) is 6.76. The van der Waals surface area contributed by atoms with Crippen LogP contribution in [0, 0.1) is 17.6 Å². The lowest BCUT2D eigenvalue weighted by atomic mass is 10.1. The van der Waals surface area contributed by atoms with E-state index in [9.17, 15) is 23.2 Å². The molecule has 1 atom stereocenters. The standard InChI is InChI=1S/C21H20F2N2O4/c1-29-21(28)14-4-2-13(3-5-14)6-7-24-20(27)15-8-19(26)25(12-15)18-10-16(22)9-17(23)11-18/h2-5,9-11,15H,6-8,12H2,1H3,(H,24,27). The smallest absolute Gasteiger partial charge is 0.337 e. The third-order valence-electron chi connectivity index (χ3n) is 4.74. The summed E-state index contributed by atoms with van der Waals surface area (Å²) in [5.74, 6) is -3.20. The summed E-state index contributed by atoms with van der Waals surface area (Å²) < 4.78 is 31.4. The molecule has 152 valence electrons. The van der Waals surface area contributed by atoms with Gasteiger partial charge in [-0.15, -0.1) is 0 Å². The maximum atomic E-state index is 13.4. The molecule has 1 heterocycles. The molecule has 1 saturated heterocycles. The van der Waals surface area contributed by atoms with Crippen molar-refractivity contribution in [3.63, 3.8) is 0 Å². The van der Waals surface area contributed by atoms with Gasteiger partial charge in [0.15, 0.2) is 0 Å². The minimum Gasteiger partial charge on any atom is -0.465 e. The van der Waals surface area contributed by atoms with Crippen molar-refractivity contribution in [3.8, 4) is 0 Å². The van der Waals surface area contributed by atoms with Crippen molar-refractivity contribution in [2.75, 3.05) is 25.1 Å². The topological polar surface area (TPSA) is 75.7 Å². The Morgan fingerprint density at radius 3 is 2.41 bits per heavy atom. The Kier molecular flexibility index (Phi) is 6.21. The quantitative estimate of drug-likeness (QED) is 0.754. The first-order chi connectivity index (χ1) is 13.9. The van der Waals surface area contributed by atoms with E-state index in [4.69, 9.17) is 0 Å². The van der Waals surface area contributed by atoms with Crippen LogP contribution in [0.4, 0.5) is 14.5 Å². The molecule has 1 N–H and O–H groups in total. The highest BCUT2D eigenvalue weighted by atomic mass is 19.1. The van der Waals surface area contributed by atoms with Crippen LogP contribution in [-0.4, -0.2) is 38.0 Å². The second-order valence-corrected chi connectivity index (χ2v) is 6.76. The molecule has 0 bridgehead atoms. The van der Waals surface area contributed by atoms with Gasteiger partial charge in [0.25, 0.3) is 0 Å². The number of carbonyl (C=O) groups excluding carboxylic acids is 3. The number of amides is 2. The molecule has 1 unspecified atom stereocenters. The normalized spacial score (nSPS) is 16.0. The van der Waals surface area contributed by atoms with Gasteiger partial charge in [-0.2, -0.15) is 0 Å². The highest BCUT2D eigenvalue weighted by molar-refractivity contribution is 6.00. The first-order valence-electron chi connectivity index (χ1n) is 9.09. The molecule has 0 aromatic heterocycles. The summed E-state index contributed by atoms with van der Waals surface area (Å²) in [6.45, 7) is 0.428. The van der Waals surface area contributed by atoms with Crippen molar-refractivity contribution in [1.82, 2.24) is 5.32 Å². The number of rotatable bonds is 6. The third kappa shape index (κ3) is 4.96. The minimum atomic E-state index is -0.779. The lowest BCUT2D eigenvalue weighted by Gasteiger charge is -2.17. The van der Waals surface area contributed by atoms with Gasteiger partial charge >= 0.3 is 5.97 Å². The maximum Gasteiger partial charge on any atom is 0.337 e. The maximum absolute atomic E-state index is 13.4. The summed E-state index contributed by atoms with van der Waals surface area (Å²) >= 11 is 0. The molecule has 3 rings (SSSR count). The van der Waals surface area contributed by atoms with Crippen LogP contribution in [0.15, 0.2) is 42.5 Å². The summed E-state index contributed by atoms with van der Waals surface area (Å²) in [6.07, 6.45) is 0.532. The number of carbonyl (C=O) groups is 3. The van der Waals surface area contributed by atoms with Gasteiger partial charge in [0.1, 0.15) is 11.6 Å². The SMILES string of the molecule is COC(=O)c1ccc(CCNC(=O)C2CC(=O)N(c3cc(F)cc(F)c3)C2)cc1. The number of benzene rings is 2. The highest BCUT2D eigenvalue weighted by Gasteiger charge is 2.35. The number of hydrogen-bond acceptors (Lipinski definition) is 4. The molecule has 29 heavy (non-hydrogen) atoms.